The number of aliphatic hydroxyl groups is 1. The van der Waals surface area contributed by atoms with Crippen LogP contribution >= 0.6 is 27.3 Å². The van der Waals surface area contributed by atoms with E-state index in [1.807, 2.05) is 23.6 Å². The standard InChI is InChI=1S/C13H14BrNO2S/c1-17-12-5-4-9(7-10(12)14)11-8-18-13(15-11)3-2-6-16/h4-5,7-8,16H,2-3,6H2,1H3. The number of rotatable bonds is 5. The molecule has 18 heavy (non-hydrogen) atoms. The van der Waals surface area contributed by atoms with Gasteiger partial charge >= 0.3 is 0 Å². The molecule has 0 amide bonds. The number of aliphatic hydroxyl groups excluding tert-OH is 1. The Labute approximate surface area is 119 Å². The first-order valence-corrected chi connectivity index (χ1v) is 7.31. The Morgan fingerprint density at radius 1 is 1.44 bits per heavy atom. The normalized spacial score (nSPS) is 10.6. The summed E-state index contributed by atoms with van der Waals surface area (Å²) in [6, 6.07) is 5.92. The predicted molar refractivity (Wildman–Crippen MR) is 77.2 cm³/mol. The monoisotopic (exact) mass is 327 g/mol. The van der Waals surface area contributed by atoms with Crippen LogP contribution in [0.1, 0.15) is 11.4 Å². The molecule has 0 aliphatic heterocycles. The molecule has 0 atom stereocenters. The predicted octanol–water partition coefficient (Wildman–Crippen LogP) is 3.51. The summed E-state index contributed by atoms with van der Waals surface area (Å²) in [5, 5.41) is 11.9. The summed E-state index contributed by atoms with van der Waals surface area (Å²) in [5.41, 5.74) is 2.03. The Balaban J connectivity index is 2.20. The van der Waals surface area contributed by atoms with E-state index in [0.717, 1.165) is 39.3 Å². The van der Waals surface area contributed by atoms with E-state index < -0.39 is 0 Å². The highest BCUT2D eigenvalue weighted by Gasteiger charge is 2.07. The summed E-state index contributed by atoms with van der Waals surface area (Å²) in [6.45, 7) is 0.211. The van der Waals surface area contributed by atoms with Gasteiger partial charge in [-0.25, -0.2) is 4.98 Å². The largest absolute Gasteiger partial charge is 0.496 e. The van der Waals surface area contributed by atoms with Crippen molar-refractivity contribution in [1.82, 2.24) is 4.98 Å². The maximum absolute atomic E-state index is 8.80. The molecule has 0 spiro atoms. The van der Waals surface area contributed by atoms with Gasteiger partial charge in [-0.2, -0.15) is 0 Å². The molecule has 1 aromatic carbocycles. The second-order valence-corrected chi connectivity index (χ2v) is 5.60. The Bertz CT molecular complexity index is 527. The molecule has 2 rings (SSSR count). The van der Waals surface area contributed by atoms with Gasteiger partial charge in [0.1, 0.15) is 5.75 Å². The zero-order chi connectivity index (χ0) is 13.0. The molecule has 0 fully saturated rings. The van der Waals surface area contributed by atoms with Gasteiger partial charge in [0.15, 0.2) is 0 Å². The molecule has 5 heteroatoms. The maximum Gasteiger partial charge on any atom is 0.133 e. The van der Waals surface area contributed by atoms with E-state index >= 15 is 0 Å². The molecular weight excluding hydrogens is 314 g/mol. The molecule has 3 nitrogen and oxygen atoms in total. The van der Waals surface area contributed by atoms with E-state index in [9.17, 15) is 0 Å². The summed E-state index contributed by atoms with van der Waals surface area (Å²) in [4.78, 5) is 4.56. The van der Waals surface area contributed by atoms with Crippen molar-refractivity contribution in [2.75, 3.05) is 13.7 Å². The number of nitrogens with zero attached hydrogens (tertiary/aromatic N) is 1. The molecule has 1 N–H and O–H groups in total. The number of hydrogen-bond acceptors (Lipinski definition) is 4. The van der Waals surface area contributed by atoms with Gasteiger partial charge in [-0.3, -0.25) is 0 Å². The van der Waals surface area contributed by atoms with E-state index in [0.29, 0.717) is 0 Å². The topological polar surface area (TPSA) is 42.4 Å². The second-order valence-electron chi connectivity index (χ2n) is 3.80. The first-order valence-electron chi connectivity index (χ1n) is 5.63. The van der Waals surface area contributed by atoms with E-state index in [4.69, 9.17) is 9.84 Å². The van der Waals surface area contributed by atoms with Gasteiger partial charge in [0.25, 0.3) is 0 Å². The SMILES string of the molecule is COc1ccc(-c2csc(CCCO)n2)cc1Br. The lowest BCUT2D eigenvalue weighted by Gasteiger charge is -2.04. The van der Waals surface area contributed by atoms with Crippen LogP contribution < -0.4 is 4.74 Å². The Kier molecular flexibility index (Phi) is 4.74. The number of ether oxygens (including phenoxy) is 1. The lowest BCUT2D eigenvalue weighted by molar-refractivity contribution is 0.288. The highest BCUT2D eigenvalue weighted by atomic mass is 79.9. The van der Waals surface area contributed by atoms with Gasteiger partial charge < -0.3 is 9.84 Å². The minimum Gasteiger partial charge on any atom is -0.496 e. The van der Waals surface area contributed by atoms with Crippen molar-refractivity contribution in [2.24, 2.45) is 0 Å². The third kappa shape index (κ3) is 3.10. The number of halogens is 1. The minimum absolute atomic E-state index is 0.211. The fraction of sp³-hybridized carbons (Fsp3) is 0.308. The second kappa shape index (κ2) is 6.31. The van der Waals surface area contributed by atoms with Crippen molar-refractivity contribution in [3.05, 3.63) is 33.1 Å². The van der Waals surface area contributed by atoms with Gasteiger partial charge in [0.05, 0.1) is 22.3 Å². The average Bonchev–Trinajstić information content (AvgIpc) is 2.85. The fourth-order valence-electron chi connectivity index (χ4n) is 1.61. The van der Waals surface area contributed by atoms with Crippen molar-refractivity contribution in [3.8, 4) is 17.0 Å². The molecule has 1 heterocycles. The van der Waals surface area contributed by atoms with Gasteiger partial charge in [-0.1, -0.05) is 0 Å². The molecule has 1 aromatic heterocycles. The van der Waals surface area contributed by atoms with E-state index in [1.165, 1.54) is 0 Å². The van der Waals surface area contributed by atoms with Crippen molar-refractivity contribution < 1.29 is 9.84 Å². The van der Waals surface area contributed by atoms with Crippen LogP contribution in [0.3, 0.4) is 0 Å². The zero-order valence-corrected chi connectivity index (χ0v) is 12.4. The van der Waals surface area contributed by atoms with Crippen LogP contribution in [0.15, 0.2) is 28.1 Å². The highest BCUT2D eigenvalue weighted by molar-refractivity contribution is 9.10. The quantitative estimate of drug-likeness (QED) is 0.913. The molecule has 0 saturated heterocycles. The minimum atomic E-state index is 0.211. The third-order valence-corrected chi connectivity index (χ3v) is 4.08. The molecule has 2 aromatic rings. The summed E-state index contributed by atoms with van der Waals surface area (Å²) >= 11 is 5.10. The average molecular weight is 328 g/mol. The first-order chi connectivity index (χ1) is 8.74. The smallest absolute Gasteiger partial charge is 0.133 e. The van der Waals surface area contributed by atoms with E-state index in [2.05, 4.69) is 20.9 Å². The highest BCUT2D eigenvalue weighted by Crippen LogP contribution is 2.31. The number of aromatic nitrogens is 1. The van der Waals surface area contributed by atoms with Crippen LogP contribution in [0.5, 0.6) is 5.75 Å². The summed E-state index contributed by atoms with van der Waals surface area (Å²) < 4.78 is 6.13. The van der Waals surface area contributed by atoms with Gasteiger partial charge in [0, 0.05) is 24.0 Å². The number of hydrogen-bond donors (Lipinski definition) is 1. The Morgan fingerprint density at radius 2 is 2.28 bits per heavy atom. The molecule has 0 bridgehead atoms. The van der Waals surface area contributed by atoms with Crippen molar-refractivity contribution in [2.45, 2.75) is 12.8 Å². The van der Waals surface area contributed by atoms with Crippen LogP contribution in [-0.4, -0.2) is 23.8 Å². The van der Waals surface area contributed by atoms with E-state index in [-0.39, 0.29) is 6.61 Å². The summed E-state index contributed by atoms with van der Waals surface area (Å²) in [7, 11) is 1.65. The van der Waals surface area contributed by atoms with Crippen LogP contribution in [0.2, 0.25) is 0 Å². The lowest BCUT2D eigenvalue weighted by Crippen LogP contribution is -1.89. The van der Waals surface area contributed by atoms with Crippen molar-refractivity contribution in [3.63, 3.8) is 0 Å². The first kappa shape index (κ1) is 13.5. The maximum atomic E-state index is 8.80. The molecule has 0 aliphatic carbocycles. The van der Waals surface area contributed by atoms with E-state index in [1.54, 1.807) is 18.4 Å². The number of aryl methyl sites for hydroxylation is 1. The summed E-state index contributed by atoms with van der Waals surface area (Å²) in [5.74, 6) is 0.814. The fourth-order valence-corrected chi connectivity index (χ4v) is 3.00. The number of benzene rings is 1. The lowest BCUT2D eigenvalue weighted by atomic mass is 10.2. The van der Waals surface area contributed by atoms with Crippen molar-refractivity contribution in [1.29, 1.82) is 0 Å². The number of methoxy groups -OCH3 is 1. The van der Waals surface area contributed by atoms with Crippen LogP contribution in [0.4, 0.5) is 0 Å². The Morgan fingerprint density at radius 3 is 2.94 bits per heavy atom. The van der Waals surface area contributed by atoms with Crippen LogP contribution in [0.25, 0.3) is 11.3 Å². The zero-order valence-electron chi connectivity index (χ0n) is 10.0. The number of thiazole rings is 1. The van der Waals surface area contributed by atoms with Crippen LogP contribution in [-0.2, 0) is 6.42 Å². The molecular formula is C13H14BrNO2S. The van der Waals surface area contributed by atoms with Gasteiger partial charge in [-0.15, -0.1) is 11.3 Å². The third-order valence-electron chi connectivity index (χ3n) is 2.55. The molecule has 96 valence electrons. The summed E-state index contributed by atoms with van der Waals surface area (Å²) in [6.07, 6.45) is 1.59. The Hall–Kier alpha value is -0.910. The molecule has 0 saturated carbocycles. The molecule has 0 aliphatic rings. The molecule has 0 unspecified atom stereocenters. The van der Waals surface area contributed by atoms with Crippen LogP contribution in [0, 0.1) is 0 Å². The van der Waals surface area contributed by atoms with Crippen molar-refractivity contribution >= 4 is 27.3 Å². The van der Waals surface area contributed by atoms with Gasteiger partial charge in [-0.05, 0) is 40.5 Å². The molecule has 0 radical (unpaired) electrons. The van der Waals surface area contributed by atoms with Gasteiger partial charge in [0.2, 0.25) is 0 Å².